The van der Waals surface area contributed by atoms with Crippen molar-refractivity contribution in [2.75, 3.05) is 19.9 Å². The molecule has 3 amide bonds. The topological polar surface area (TPSA) is 92.8 Å². The van der Waals surface area contributed by atoms with Gasteiger partial charge in [-0.25, -0.2) is 4.79 Å². The summed E-state index contributed by atoms with van der Waals surface area (Å²) in [6, 6.07) is 10.9. The van der Waals surface area contributed by atoms with E-state index in [2.05, 4.69) is 15.6 Å². The van der Waals surface area contributed by atoms with Gasteiger partial charge in [0.05, 0.1) is 11.7 Å². The maximum Gasteiger partial charge on any atom is 0.317 e. The van der Waals surface area contributed by atoms with Gasteiger partial charge in [-0.2, -0.15) is 0 Å². The number of ether oxygens (including phenoxy) is 2. The lowest BCUT2D eigenvalue weighted by Gasteiger charge is -2.32. The number of rotatable bonds is 5. The quantitative estimate of drug-likeness (QED) is 0.770. The molecule has 1 atom stereocenters. The number of carbonyl (C=O) groups is 2. The second-order valence-electron chi connectivity index (χ2n) is 8.17. The van der Waals surface area contributed by atoms with Crippen LogP contribution in [0.15, 0.2) is 42.6 Å². The van der Waals surface area contributed by atoms with E-state index in [1.54, 1.807) is 11.1 Å². The van der Waals surface area contributed by atoms with Crippen molar-refractivity contribution >= 4 is 11.9 Å². The molecule has 0 saturated carbocycles. The minimum Gasteiger partial charge on any atom is -0.454 e. The van der Waals surface area contributed by atoms with Gasteiger partial charge in [-0.15, -0.1) is 0 Å². The molecule has 31 heavy (non-hydrogen) atoms. The summed E-state index contributed by atoms with van der Waals surface area (Å²) in [5, 5.41) is 6.08. The Balaban J connectivity index is 1.45. The fraction of sp³-hybridized carbons (Fsp3) is 0.435. The van der Waals surface area contributed by atoms with Crippen LogP contribution in [0.5, 0.6) is 11.5 Å². The molecule has 1 saturated heterocycles. The van der Waals surface area contributed by atoms with Crippen molar-refractivity contribution in [3.63, 3.8) is 0 Å². The van der Waals surface area contributed by atoms with Crippen molar-refractivity contribution in [1.29, 1.82) is 0 Å². The van der Waals surface area contributed by atoms with Crippen LogP contribution in [0.25, 0.3) is 0 Å². The van der Waals surface area contributed by atoms with Crippen molar-refractivity contribution < 1.29 is 19.1 Å². The summed E-state index contributed by atoms with van der Waals surface area (Å²) in [7, 11) is 0. The van der Waals surface area contributed by atoms with Crippen LogP contribution in [0.4, 0.5) is 4.79 Å². The van der Waals surface area contributed by atoms with Crippen molar-refractivity contribution in [2.45, 2.75) is 38.8 Å². The molecule has 8 heteroatoms. The van der Waals surface area contributed by atoms with Gasteiger partial charge in [-0.3, -0.25) is 9.78 Å². The van der Waals surface area contributed by atoms with Crippen molar-refractivity contribution in [2.24, 2.45) is 5.92 Å². The van der Waals surface area contributed by atoms with E-state index in [1.807, 2.05) is 50.2 Å². The number of amides is 3. The van der Waals surface area contributed by atoms with Crippen LogP contribution in [0.3, 0.4) is 0 Å². The highest BCUT2D eigenvalue weighted by Crippen LogP contribution is 2.35. The Morgan fingerprint density at radius 3 is 2.55 bits per heavy atom. The highest BCUT2D eigenvalue weighted by molar-refractivity contribution is 5.80. The van der Waals surface area contributed by atoms with Crippen LogP contribution >= 0.6 is 0 Å². The van der Waals surface area contributed by atoms with Gasteiger partial charge in [0.25, 0.3) is 0 Å². The summed E-state index contributed by atoms with van der Waals surface area (Å²) in [4.78, 5) is 31.6. The lowest BCUT2D eigenvalue weighted by atomic mass is 9.94. The third kappa shape index (κ3) is 4.90. The molecular weight excluding hydrogens is 396 g/mol. The number of hydrogen-bond donors (Lipinski definition) is 2. The molecule has 1 aromatic heterocycles. The molecule has 4 rings (SSSR count). The van der Waals surface area contributed by atoms with Gasteiger partial charge in [0, 0.05) is 31.2 Å². The second-order valence-corrected chi connectivity index (χ2v) is 8.17. The Hall–Kier alpha value is -3.29. The summed E-state index contributed by atoms with van der Waals surface area (Å²) < 4.78 is 10.9. The van der Waals surface area contributed by atoms with Gasteiger partial charge in [-0.1, -0.05) is 12.1 Å². The smallest absolute Gasteiger partial charge is 0.317 e. The summed E-state index contributed by atoms with van der Waals surface area (Å²) in [6.45, 7) is 5.20. The molecule has 0 aliphatic carbocycles. The maximum absolute atomic E-state index is 13.1. The van der Waals surface area contributed by atoms with Gasteiger partial charge in [-0.05, 0) is 56.5 Å². The predicted molar refractivity (Wildman–Crippen MR) is 115 cm³/mol. The number of fused-ring (bicyclic) bond motifs is 1. The minimum absolute atomic E-state index is 0.0303. The molecule has 164 valence electrons. The first-order valence-electron chi connectivity index (χ1n) is 10.7. The maximum atomic E-state index is 13.1. The summed E-state index contributed by atoms with van der Waals surface area (Å²) in [5.41, 5.74) is 1.63. The Labute approximate surface area is 181 Å². The molecule has 1 fully saturated rings. The van der Waals surface area contributed by atoms with E-state index in [-0.39, 0.29) is 30.7 Å². The van der Waals surface area contributed by atoms with Crippen molar-refractivity contribution in [3.8, 4) is 11.5 Å². The monoisotopic (exact) mass is 424 g/mol. The Morgan fingerprint density at radius 1 is 1.06 bits per heavy atom. The molecule has 8 nitrogen and oxygen atoms in total. The highest BCUT2D eigenvalue weighted by atomic mass is 16.7. The molecule has 2 aliphatic rings. The Kier molecular flexibility index (Phi) is 6.25. The molecule has 1 aromatic carbocycles. The normalized spacial score (nSPS) is 16.8. The van der Waals surface area contributed by atoms with Gasteiger partial charge >= 0.3 is 6.03 Å². The van der Waals surface area contributed by atoms with Crippen molar-refractivity contribution in [1.82, 2.24) is 20.5 Å². The number of hydrogen-bond acceptors (Lipinski definition) is 5. The number of likely N-dealkylation sites (tertiary alicyclic amines) is 1. The van der Waals surface area contributed by atoms with Gasteiger partial charge in [0.15, 0.2) is 11.5 Å². The molecule has 0 radical (unpaired) electrons. The number of piperidine rings is 1. The molecule has 0 bridgehead atoms. The average molecular weight is 425 g/mol. The first-order chi connectivity index (χ1) is 15.0. The van der Waals surface area contributed by atoms with E-state index in [9.17, 15) is 9.59 Å². The third-order valence-electron chi connectivity index (χ3n) is 5.57. The molecule has 3 heterocycles. The Bertz CT molecular complexity index is 926. The number of pyridine rings is 1. The summed E-state index contributed by atoms with van der Waals surface area (Å²) in [6.07, 6.45) is 2.98. The standard InChI is InChI=1S/C23H28N4O4/c1-15(2)25-23(29)27-11-8-16(9-12-27)22(28)26-21(18-5-3-4-10-24-18)17-6-7-19-20(13-17)31-14-30-19/h3-7,10,13,15-16,21H,8-9,11-12,14H2,1-2H3,(H,25,29)(H,26,28). The molecular formula is C23H28N4O4. The van der Waals surface area contributed by atoms with Gasteiger partial charge in [0.2, 0.25) is 12.7 Å². The SMILES string of the molecule is CC(C)NC(=O)N1CCC(C(=O)NC(c2ccc3c(c2)OCO3)c2ccccn2)CC1. The van der Waals surface area contributed by atoms with E-state index >= 15 is 0 Å². The van der Waals surface area contributed by atoms with Gasteiger partial charge < -0.3 is 25.0 Å². The first kappa shape index (κ1) is 21.0. The highest BCUT2D eigenvalue weighted by Gasteiger charge is 2.30. The lowest BCUT2D eigenvalue weighted by Crippen LogP contribution is -2.48. The number of nitrogens with one attached hydrogen (secondary N) is 2. The van der Waals surface area contributed by atoms with E-state index in [4.69, 9.17) is 9.47 Å². The van der Waals surface area contributed by atoms with Crippen LogP contribution in [-0.2, 0) is 4.79 Å². The fourth-order valence-corrected chi connectivity index (χ4v) is 3.91. The number of nitrogens with zero attached hydrogens (tertiary/aromatic N) is 2. The fourth-order valence-electron chi connectivity index (χ4n) is 3.91. The van der Waals surface area contributed by atoms with Crippen LogP contribution < -0.4 is 20.1 Å². The lowest BCUT2D eigenvalue weighted by molar-refractivity contribution is -0.126. The number of urea groups is 1. The van der Waals surface area contributed by atoms with E-state index in [0.29, 0.717) is 37.4 Å². The van der Waals surface area contributed by atoms with Gasteiger partial charge in [0.1, 0.15) is 0 Å². The van der Waals surface area contributed by atoms with Crippen LogP contribution in [0.2, 0.25) is 0 Å². The second kappa shape index (κ2) is 9.24. The van der Waals surface area contributed by atoms with Crippen molar-refractivity contribution in [3.05, 3.63) is 53.9 Å². The first-order valence-corrected chi connectivity index (χ1v) is 10.7. The van der Waals surface area contributed by atoms with Crippen LogP contribution in [0, 0.1) is 5.92 Å². The number of carbonyl (C=O) groups excluding carboxylic acids is 2. The van der Waals surface area contributed by atoms with Crippen LogP contribution in [-0.4, -0.2) is 47.7 Å². The van der Waals surface area contributed by atoms with Crippen LogP contribution in [0.1, 0.15) is 44.0 Å². The van der Waals surface area contributed by atoms with E-state index < -0.39 is 6.04 Å². The minimum atomic E-state index is -0.398. The molecule has 0 spiro atoms. The largest absolute Gasteiger partial charge is 0.454 e. The Morgan fingerprint density at radius 2 is 1.84 bits per heavy atom. The number of aromatic nitrogens is 1. The molecule has 2 N–H and O–H groups in total. The zero-order valence-electron chi connectivity index (χ0n) is 17.8. The van der Waals surface area contributed by atoms with E-state index in [1.165, 1.54) is 0 Å². The number of benzene rings is 1. The molecule has 2 aliphatic heterocycles. The molecule has 2 aromatic rings. The average Bonchev–Trinajstić information content (AvgIpc) is 3.25. The van der Waals surface area contributed by atoms with E-state index in [0.717, 1.165) is 11.3 Å². The predicted octanol–water partition coefficient (Wildman–Crippen LogP) is 2.85. The summed E-state index contributed by atoms with van der Waals surface area (Å²) in [5.74, 6) is 1.18. The summed E-state index contributed by atoms with van der Waals surface area (Å²) >= 11 is 0. The zero-order valence-corrected chi connectivity index (χ0v) is 17.8. The zero-order chi connectivity index (χ0) is 21.8. The molecule has 1 unspecified atom stereocenters. The third-order valence-corrected chi connectivity index (χ3v) is 5.57.